The van der Waals surface area contributed by atoms with Crippen LogP contribution in [-0.2, 0) is 19.5 Å². The predicted molar refractivity (Wildman–Crippen MR) is 96.1 cm³/mol. The highest BCUT2D eigenvalue weighted by Gasteiger charge is 2.40. The molecule has 2 heterocycles. The van der Waals surface area contributed by atoms with Crippen LogP contribution in [0.15, 0.2) is 72.8 Å². The Balaban J connectivity index is 1.77. The maximum absolute atomic E-state index is 2.35. The maximum atomic E-state index is 2.35. The zero-order chi connectivity index (χ0) is 15.3. The van der Waals surface area contributed by atoms with Crippen LogP contribution in [0.4, 0.5) is 5.69 Å². The van der Waals surface area contributed by atoms with Crippen LogP contribution in [0.25, 0.3) is 11.1 Å². The van der Waals surface area contributed by atoms with Crippen molar-refractivity contribution in [2.75, 3.05) is 6.54 Å². The molecule has 0 saturated heterocycles. The van der Waals surface area contributed by atoms with Crippen molar-refractivity contribution in [2.24, 2.45) is 0 Å². The minimum atomic E-state index is 1.07. The molecule has 1 nitrogen and oxygen atoms in total. The molecule has 0 saturated carbocycles. The molecule has 0 bridgehead atoms. The maximum Gasteiger partial charge on any atom is 0.136 e. The Bertz CT molecular complexity index is 846. The SMILES string of the molecule is c1ccc2c(c1)C[N+]1(CCc3ccccc31)Cc1ccccc1-2. The molecule has 0 aromatic heterocycles. The van der Waals surface area contributed by atoms with Crippen molar-refractivity contribution in [3.05, 3.63) is 89.5 Å². The van der Waals surface area contributed by atoms with Gasteiger partial charge in [0.2, 0.25) is 0 Å². The summed E-state index contributed by atoms with van der Waals surface area (Å²) in [5.74, 6) is 0. The quantitative estimate of drug-likeness (QED) is 0.516. The van der Waals surface area contributed by atoms with Crippen molar-refractivity contribution < 1.29 is 0 Å². The molecule has 0 N–H and O–H groups in total. The number of rotatable bonds is 0. The average Bonchev–Trinajstić information content (AvgIpc) is 2.87. The van der Waals surface area contributed by atoms with E-state index in [9.17, 15) is 0 Å². The van der Waals surface area contributed by atoms with Gasteiger partial charge in [-0.25, -0.2) is 0 Å². The third-order valence-electron chi connectivity index (χ3n) is 5.58. The molecule has 5 rings (SSSR count). The number of hydrogen-bond donors (Lipinski definition) is 0. The standard InChI is InChI=1S/C22H20N/c1-4-10-20-18(8-1)15-23(16-19-9-2-5-11-21(19)20)14-13-17-7-3-6-12-22(17)23/h1-12H,13-16H2/q+1. The summed E-state index contributed by atoms with van der Waals surface area (Å²) in [6.07, 6.45) is 1.19. The molecule has 1 heteroatoms. The highest BCUT2D eigenvalue weighted by molar-refractivity contribution is 5.73. The van der Waals surface area contributed by atoms with Gasteiger partial charge in [-0.1, -0.05) is 66.7 Å². The third kappa shape index (κ3) is 1.90. The number of fused-ring (bicyclic) bond motifs is 5. The van der Waals surface area contributed by atoms with Crippen molar-refractivity contribution >= 4 is 5.69 Å². The summed E-state index contributed by atoms with van der Waals surface area (Å²) in [6, 6.07) is 27.0. The first kappa shape index (κ1) is 13.1. The van der Waals surface area contributed by atoms with Crippen LogP contribution in [-0.4, -0.2) is 6.54 Å². The van der Waals surface area contributed by atoms with Crippen LogP contribution < -0.4 is 4.48 Å². The summed E-state index contributed by atoms with van der Waals surface area (Å²) in [5, 5.41) is 0. The lowest BCUT2D eigenvalue weighted by atomic mass is 9.97. The summed E-state index contributed by atoms with van der Waals surface area (Å²) in [6.45, 7) is 3.41. The van der Waals surface area contributed by atoms with Gasteiger partial charge in [0, 0.05) is 23.1 Å². The number of nitrogens with zero attached hydrogens (tertiary/aromatic N) is 1. The van der Waals surface area contributed by atoms with E-state index in [2.05, 4.69) is 72.8 Å². The summed E-state index contributed by atoms with van der Waals surface area (Å²) in [4.78, 5) is 0. The fourth-order valence-corrected chi connectivity index (χ4v) is 4.52. The Hall–Kier alpha value is -2.38. The molecule has 3 aromatic carbocycles. The number of para-hydroxylation sites is 1. The summed E-state index contributed by atoms with van der Waals surface area (Å²) < 4.78 is 1.07. The van der Waals surface area contributed by atoms with Gasteiger partial charge in [0.05, 0.1) is 6.54 Å². The van der Waals surface area contributed by atoms with Crippen LogP contribution >= 0.6 is 0 Å². The fraction of sp³-hybridized carbons (Fsp3) is 0.182. The molecule has 1 spiro atoms. The van der Waals surface area contributed by atoms with E-state index in [4.69, 9.17) is 0 Å². The minimum Gasteiger partial charge on any atom is -0.283 e. The second-order valence-electron chi connectivity index (χ2n) is 6.88. The van der Waals surface area contributed by atoms with E-state index in [1.807, 2.05) is 0 Å². The summed E-state index contributed by atoms with van der Waals surface area (Å²) >= 11 is 0. The van der Waals surface area contributed by atoms with Crippen LogP contribution in [0.2, 0.25) is 0 Å². The van der Waals surface area contributed by atoms with E-state index < -0.39 is 0 Å². The lowest BCUT2D eigenvalue weighted by Gasteiger charge is -2.34. The van der Waals surface area contributed by atoms with E-state index >= 15 is 0 Å². The monoisotopic (exact) mass is 298 g/mol. The molecular weight excluding hydrogens is 278 g/mol. The van der Waals surface area contributed by atoms with Gasteiger partial charge >= 0.3 is 0 Å². The topological polar surface area (TPSA) is 0 Å². The molecule has 0 atom stereocenters. The van der Waals surface area contributed by atoms with Crippen LogP contribution in [0.1, 0.15) is 16.7 Å². The molecule has 3 aromatic rings. The molecular formula is C22H20N+. The van der Waals surface area contributed by atoms with Crippen LogP contribution in [0.3, 0.4) is 0 Å². The van der Waals surface area contributed by atoms with Crippen molar-refractivity contribution in [2.45, 2.75) is 19.5 Å². The molecule has 0 aliphatic carbocycles. The van der Waals surface area contributed by atoms with Crippen LogP contribution in [0.5, 0.6) is 0 Å². The van der Waals surface area contributed by atoms with E-state index in [1.54, 1.807) is 0 Å². The second kappa shape index (κ2) is 4.81. The first-order valence-electron chi connectivity index (χ1n) is 8.47. The van der Waals surface area contributed by atoms with Gasteiger partial charge in [-0.3, -0.25) is 4.48 Å². The molecule has 112 valence electrons. The molecule has 23 heavy (non-hydrogen) atoms. The van der Waals surface area contributed by atoms with E-state index in [-0.39, 0.29) is 0 Å². The smallest absolute Gasteiger partial charge is 0.136 e. The van der Waals surface area contributed by atoms with Crippen molar-refractivity contribution in [3.8, 4) is 11.1 Å². The van der Waals surface area contributed by atoms with Gasteiger partial charge in [0.15, 0.2) is 0 Å². The lowest BCUT2D eigenvalue weighted by molar-refractivity contribution is 0.281. The Morgan fingerprint density at radius 2 is 1.09 bits per heavy atom. The second-order valence-corrected chi connectivity index (χ2v) is 6.88. The van der Waals surface area contributed by atoms with Gasteiger partial charge in [0.25, 0.3) is 0 Å². The molecule has 0 radical (unpaired) electrons. The normalized spacial score (nSPS) is 17.2. The van der Waals surface area contributed by atoms with Crippen molar-refractivity contribution in [3.63, 3.8) is 0 Å². The Morgan fingerprint density at radius 1 is 0.565 bits per heavy atom. The fourth-order valence-electron chi connectivity index (χ4n) is 4.52. The Kier molecular flexibility index (Phi) is 2.74. The van der Waals surface area contributed by atoms with E-state index in [1.165, 1.54) is 46.5 Å². The molecule has 0 unspecified atom stereocenters. The first-order chi connectivity index (χ1) is 11.4. The number of benzene rings is 3. The molecule has 2 aliphatic heterocycles. The molecule has 0 amide bonds. The van der Waals surface area contributed by atoms with Gasteiger partial charge in [-0.05, 0) is 17.2 Å². The Labute approximate surface area is 137 Å². The van der Waals surface area contributed by atoms with E-state index in [0.29, 0.717) is 0 Å². The molecule has 2 aliphatic rings. The molecule has 0 fully saturated rings. The summed E-state index contributed by atoms with van der Waals surface area (Å²) in [7, 11) is 0. The largest absolute Gasteiger partial charge is 0.283 e. The van der Waals surface area contributed by atoms with Crippen LogP contribution in [0, 0.1) is 0 Å². The van der Waals surface area contributed by atoms with Gasteiger partial charge < -0.3 is 0 Å². The highest BCUT2D eigenvalue weighted by Crippen LogP contribution is 2.43. The summed E-state index contributed by atoms with van der Waals surface area (Å²) in [5.41, 5.74) is 8.86. The average molecular weight is 298 g/mol. The minimum absolute atomic E-state index is 1.07. The zero-order valence-electron chi connectivity index (χ0n) is 13.2. The lowest BCUT2D eigenvalue weighted by Crippen LogP contribution is -2.45. The zero-order valence-corrected chi connectivity index (χ0v) is 13.2. The highest BCUT2D eigenvalue weighted by atomic mass is 15.4. The first-order valence-corrected chi connectivity index (χ1v) is 8.47. The van der Waals surface area contributed by atoms with Crippen molar-refractivity contribution in [1.29, 1.82) is 0 Å². The van der Waals surface area contributed by atoms with Gasteiger partial charge in [-0.15, -0.1) is 0 Å². The predicted octanol–water partition coefficient (Wildman–Crippen LogP) is 4.93. The third-order valence-corrected chi connectivity index (χ3v) is 5.58. The van der Waals surface area contributed by atoms with Gasteiger partial charge in [0.1, 0.15) is 18.8 Å². The number of quaternary nitrogens is 1. The Morgan fingerprint density at radius 3 is 1.74 bits per heavy atom. The van der Waals surface area contributed by atoms with Gasteiger partial charge in [-0.2, -0.15) is 0 Å². The van der Waals surface area contributed by atoms with E-state index in [0.717, 1.165) is 17.6 Å². The number of hydrogen-bond acceptors (Lipinski definition) is 0. The van der Waals surface area contributed by atoms with Crippen molar-refractivity contribution in [1.82, 2.24) is 4.48 Å².